The highest BCUT2D eigenvalue weighted by molar-refractivity contribution is 6.42. The maximum absolute atomic E-state index is 7.15. The van der Waals surface area contributed by atoms with Crippen molar-refractivity contribution in [1.29, 1.82) is 5.41 Å². The lowest BCUT2D eigenvalue weighted by Gasteiger charge is -2.04. The minimum Gasteiger partial charge on any atom is -0.384 e. The fourth-order valence-corrected chi connectivity index (χ4v) is 1.82. The van der Waals surface area contributed by atoms with Crippen LogP contribution in [0.3, 0.4) is 0 Å². The summed E-state index contributed by atoms with van der Waals surface area (Å²) in [5.74, 6) is -0.165. The van der Waals surface area contributed by atoms with Gasteiger partial charge in [-0.15, -0.1) is 12.4 Å². The van der Waals surface area contributed by atoms with Crippen LogP contribution in [-0.2, 0) is 0 Å². The van der Waals surface area contributed by atoms with E-state index in [1.54, 1.807) is 0 Å². The molecule has 13 heavy (non-hydrogen) atoms. The van der Waals surface area contributed by atoms with Crippen LogP contribution in [0.1, 0.15) is 5.56 Å². The standard InChI is InChI=1S/C7H5Cl3N2.ClH/c8-3-1-4(9)6(7(11)12)5(10)2-3;/h1-2H,(H3,11,12);1H. The summed E-state index contributed by atoms with van der Waals surface area (Å²) in [5.41, 5.74) is 5.56. The normalized spacial score (nSPS) is 9.15. The molecular weight excluding hydrogens is 254 g/mol. The summed E-state index contributed by atoms with van der Waals surface area (Å²) in [6.07, 6.45) is 0. The summed E-state index contributed by atoms with van der Waals surface area (Å²) in [4.78, 5) is 0. The first-order chi connectivity index (χ1) is 5.52. The smallest absolute Gasteiger partial charge is 0.125 e. The zero-order chi connectivity index (χ0) is 9.30. The van der Waals surface area contributed by atoms with E-state index in [1.165, 1.54) is 12.1 Å². The van der Waals surface area contributed by atoms with Gasteiger partial charge in [0, 0.05) is 5.02 Å². The molecular formula is C7H6Cl4N2. The molecule has 0 fully saturated rings. The van der Waals surface area contributed by atoms with Gasteiger partial charge in [-0.3, -0.25) is 5.41 Å². The molecule has 6 heteroatoms. The summed E-state index contributed by atoms with van der Waals surface area (Å²) in [6.45, 7) is 0. The highest BCUT2D eigenvalue weighted by Gasteiger charge is 2.09. The van der Waals surface area contributed by atoms with Crippen molar-refractivity contribution in [2.45, 2.75) is 0 Å². The van der Waals surface area contributed by atoms with E-state index in [2.05, 4.69) is 0 Å². The molecule has 72 valence electrons. The summed E-state index contributed by atoms with van der Waals surface area (Å²) >= 11 is 17.1. The molecule has 0 amide bonds. The highest BCUT2D eigenvalue weighted by atomic mass is 35.5. The Morgan fingerprint density at radius 2 is 1.54 bits per heavy atom. The molecule has 3 N–H and O–H groups in total. The Morgan fingerprint density at radius 3 is 1.85 bits per heavy atom. The molecule has 0 heterocycles. The number of halogens is 4. The van der Waals surface area contributed by atoms with Gasteiger partial charge in [0.2, 0.25) is 0 Å². The van der Waals surface area contributed by atoms with Gasteiger partial charge in [0.25, 0.3) is 0 Å². The van der Waals surface area contributed by atoms with Crippen molar-refractivity contribution in [3.05, 3.63) is 32.8 Å². The number of rotatable bonds is 1. The Kier molecular flexibility index (Phi) is 4.86. The molecule has 0 bridgehead atoms. The molecule has 0 aliphatic carbocycles. The lowest BCUT2D eigenvalue weighted by molar-refractivity contribution is 1.42. The first-order valence-corrected chi connectivity index (χ1v) is 4.14. The minimum absolute atomic E-state index is 0. The van der Waals surface area contributed by atoms with Gasteiger partial charge in [0.05, 0.1) is 15.6 Å². The van der Waals surface area contributed by atoms with Crippen LogP contribution in [0.5, 0.6) is 0 Å². The van der Waals surface area contributed by atoms with Crippen molar-refractivity contribution in [2.75, 3.05) is 0 Å². The van der Waals surface area contributed by atoms with Crippen molar-refractivity contribution in [3.63, 3.8) is 0 Å². The molecule has 0 atom stereocenters. The fraction of sp³-hybridized carbons (Fsp3) is 0. The van der Waals surface area contributed by atoms with Gasteiger partial charge < -0.3 is 5.73 Å². The number of hydrogen-bond acceptors (Lipinski definition) is 1. The van der Waals surface area contributed by atoms with Crippen LogP contribution in [0.4, 0.5) is 0 Å². The van der Waals surface area contributed by atoms with Gasteiger partial charge in [-0.05, 0) is 12.1 Å². The van der Waals surface area contributed by atoms with Crippen molar-refractivity contribution >= 4 is 53.0 Å². The van der Waals surface area contributed by atoms with Crippen LogP contribution in [0, 0.1) is 5.41 Å². The van der Waals surface area contributed by atoms with Crippen LogP contribution < -0.4 is 5.73 Å². The van der Waals surface area contributed by atoms with E-state index in [1.807, 2.05) is 0 Å². The number of hydrogen-bond donors (Lipinski definition) is 2. The number of nitrogens with two attached hydrogens (primary N) is 1. The van der Waals surface area contributed by atoms with Crippen LogP contribution >= 0.6 is 47.2 Å². The molecule has 0 unspecified atom stereocenters. The van der Waals surface area contributed by atoms with E-state index in [4.69, 9.17) is 45.9 Å². The van der Waals surface area contributed by atoms with Crippen molar-refractivity contribution in [3.8, 4) is 0 Å². The summed E-state index contributed by atoms with van der Waals surface area (Å²) in [5, 5.41) is 8.16. The second-order valence-corrected chi connectivity index (χ2v) is 3.41. The van der Waals surface area contributed by atoms with Crippen molar-refractivity contribution < 1.29 is 0 Å². The maximum atomic E-state index is 7.15. The summed E-state index contributed by atoms with van der Waals surface area (Å²) in [7, 11) is 0. The number of amidine groups is 1. The molecule has 0 saturated heterocycles. The Bertz CT molecular complexity index is 314. The number of nitrogens with one attached hydrogen (secondary N) is 1. The fourth-order valence-electron chi connectivity index (χ4n) is 0.800. The minimum atomic E-state index is -0.165. The molecule has 2 nitrogen and oxygen atoms in total. The first-order valence-electron chi connectivity index (χ1n) is 3.01. The topological polar surface area (TPSA) is 49.9 Å². The molecule has 1 aromatic carbocycles. The first kappa shape index (κ1) is 12.8. The lowest BCUT2D eigenvalue weighted by Crippen LogP contribution is -2.12. The van der Waals surface area contributed by atoms with Crippen molar-refractivity contribution in [2.24, 2.45) is 5.73 Å². The second kappa shape index (κ2) is 4.91. The molecule has 0 saturated carbocycles. The predicted molar refractivity (Wildman–Crippen MR) is 59.7 cm³/mol. The van der Waals surface area contributed by atoms with Gasteiger partial charge in [0.15, 0.2) is 0 Å². The van der Waals surface area contributed by atoms with Gasteiger partial charge in [-0.25, -0.2) is 0 Å². The van der Waals surface area contributed by atoms with Gasteiger partial charge >= 0.3 is 0 Å². The van der Waals surface area contributed by atoms with E-state index in [9.17, 15) is 0 Å². The molecule has 1 rings (SSSR count). The average molecular weight is 260 g/mol. The number of benzene rings is 1. The second-order valence-electron chi connectivity index (χ2n) is 2.16. The average Bonchev–Trinajstić information content (AvgIpc) is 1.82. The molecule has 0 aliphatic rings. The third-order valence-electron chi connectivity index (χ3n) is 1.28. The Morgan fingerprint density at radius 1 is 1.15 bits per heavy atom. The summed E-state index contributed by atoms with van der Waals surface area (Å²) in [6, 6.07) is 2.98. The van der Waals surface area contributed by atoms with Crippen molar-refractivity contribution in [1.82, 2.24) is 0 Å². The molecule has 1 aromatic rings. The van der Waals surface area contributed by atoms with Crippen LogP contribution in [0.2, 0.25) is 15.1 Å². The van der Waals surface area contributed by atoms with E-state index in [0.29, 0.717) is 20.6 Å². The number of nitrogen functional groups attached to an aromatic ring is 1. The molecule has 0 spiro atoms. The largest absolute Gasteiger partial charge is 0.384 e. The Hall–Kier alpha value is -0.150. The third kappa shape index (κ3) is 2.92. The Labute approximate surface area is 96.9 Å². The molecule has 0 aliphatic heterocycles. The van der Waals surface area contributed by atoms with Crippen LogP contribution in [-0.4, -0.2) is 5.84 Å². The maximum Gasteiger partial charge on any atom is 0.125 e. The zero-order valence-electron chi connectivity index (χ0n) is 6.27. The van der Waals surface area contributed by atoms with E-state index < -0.39 is 0 Å². The third-order valence-corrected chi connectivity index (χ3v) is 2.09. The van der Waals surface area contributed by atoms with Gasteiger partial charge in [0.1, 0.15) is 5.84 Å². The van der Waals surface area contributed by atoms with Gasteiger partial charge in [-0.2, -0.15) is 0 Å². The van der Waals surface area contributed by atoms with E-state index in [0.717, 1.165) is 0 Å². The quantitative estimate of drug-likeness (QED) is 0.590. The highest BCUT2D eigenvalue weighted by Crippen LogP contribution is 2.28. The predicted octanol–water partition coefficient (Wildman–Crippen LogP) is 3.35. The van der Waals surface area contributed by atoms with E-state index >= 15 is 0 Å². The Balaban J connectivity index is 0.00000144. The lowest BCUT2D eigenvalue weighted by atomic mass is 10.2. The molecule has 0 aromatic heterocycles. The monoisotopic (exact) mass is 258 g/mol. The van der Waals surface area contributed by atoms with Crippen LogP contribution in [0.15, 0.2) is 12.1 Å². The summed E-state index contributed by atoms with van der Waals surface area (Å²) < 4.78 is 0. The SMILES string of the molecule is Cl.N=C(N)c1c(Cl)cc(Cl)cc1Cl. The van der Waals surface area contributed by atoms with E-state index in [-0.39, 0.29) is 18.2 Å². The van der Waals surface area contributed by atoms with Gasteiger partial charge in [-0.1, -0.05) is 34.8 Å². The van der Waals surface area contributed by atoms with Crippen LogP contribution in [0.25, 0.3) is 0 Å². The molecule has 0 radical (unpaired) electrons. The zero-order valence-corrected chi connectivity index (χ0v) is 9.36.